The van der Waals surface area contributed by atoms with Gasteiger partial charge in [0.05, 0.1) is 0 Å². The van der Waals surface area contributed by atoms with Crippen LogP contribution in [0.1, 0.15) is 49.7 Å². The van der Waals surface area contributed by atoms with E-state index in [0.717, 1.165) is 12.0 Å². The highest BCUT2D eigenvalue weighted by atomic mass is 32.2. The van der Waals surface area contributed by atoms with Crippen LogP contribution < -0.4 is 5.32 Å². The van der Waals surface area contributed by atoms with Gasteiger partial charge in [-0.1, -0.05) is 29.8 Å². The fourth-order valence-electron chi connectivity index (χ4n) is 3.32. The molecule has 2 heteroatoms. The zero-order valence-corrected chi connectivity index (χ0v) is 12.9. The smallest absolute Gasteiger partial charge is 0.0256 e. The van der Waals surface area contributed by atoms with Crippen LogP contribution in [0.2, 0.25) is 0 Å². The molecular weight excluding hydrogens is 250 g/mol. The maximum Gasteiger partial charge on any atom is 0.0256 e. The van der Waals surface area contributed by atoms with E-state index >= 15 is 0 Å². The fraction of sp³-hybridized carbons (Fsp3) is 0.647. The van der Waals surface area contributed by atoms with E-state index in [9.17, 15) is 0 Å². The Morgan fingerprint density at radius 3 is 2.89 bits per heavy atom. The van der Waals surface area contributed by atoms with Crippen molar-refractivity contribution in [2.24, 2.45) is 0 Å². The largest absolute Gasteiger partial charge is 0.313 e. The highest BCUT2D eigenvalue weighted by Gasteiger charge is 2.34. The Morgan fingerprint density at radius 1 is 1.37 bits per heavy atom. The van der Waals surface area contributed by atoms with Gasteiger partial charge in [-0.25, -0.2) is 0 Å². The molecule has 1 heterocycles. The van der Waals surface area contributed by atoms with Gasteiger partial charge in [-0.05, 0) is 56.8 Å². The third-order valence-corrected chi connectivity index (χ3v) is 6.25. The van der Waals surface area contributed by atoms with E-state index < -0.39 is 0 Å². The van der Waals surface area contributed by atoms with Crippen LogP contribution in [0, 0.1) is 6.92 Å². The molecule has 0 radical (unpaired) electrons. The van der Waals surface area contributed by atoms with E-state index in [0.29, 0.717) is 4.75 Å². The van der Waals surface area contributed by atoms with Crippen molar-refractivity contribution in [3.05, 3.63) is 35.4 Å². The summed E-state index contributed by atoms with van der Waals surface area (Å²) >= 11 is 2.16. The van der Waals surface area contributed by atoms with E-state index in [1.807, 2.05) is 0 Å². The molecule has 1 aliphatic heterocycles. The number of benzene rings is 1. The second-order valence-corrected chi connectivity index (χ2v) is 8.24. The van der Waals surface area contributed by atoms with E-state index in [4.69, 9.17) is 0 Å². The Balaban J connectivity index is 1.45. The molecule has 1 unspecified atom stereocenters. The van der Waals surface area contributed by atoms with Crippen molar-refractivity contribution in [1.29, 1.82) is 0 Å². The number of aryl methyl sites for hydroxylation is 1. The van der Waals surface area contributed by atoms with Crippen molar-refractivity contribution in [2.45, 2.75) is 56.2 Å². The van der Waals surface area contributed by atoms with E-state index in [2.05, 4.69) is 55.2 Å². The van der Waals surface area contributed by atoms with Crippen LogP contribution in [-0.4, -0.2) is 23.1 Å². The lowest BCUT2D eigenvalue weighted by atomic mass is 9.75. The third-order valence-electron chi connectivity index (χ3n) is 4.72. The molecule has 0 spiro atoms. The second kappa shape index (κ2) is 5.49. The second-order valence-electron chi connectivity index (χ2n) is 6.56. The summed E-state index contributed by atoms with van der Waals surface area (Å²) < 4.78 is 0.508. The zero-order chi connectivity index (χ0) is 13.3. The van der Waals surface area contributed by atoms with Gasteiger partial charge in [-0.15, -0.1) is 0 Å². The van der Waals surface area contributed by atoms with Crippen LogP contribution in [0.4, 0.5) is 0 Å². The highest BCUT2D eigenvalue weighted by Crippen LogP contribution is 2.40. The van der Waals surface area contributed by atoms with Gasteiger partial charge in [0.1, 0.15) is 0 Å². The van der Waals surface area contributed by atoms with Crippen molar-refractivity contribution < 1.29 is 0 Å². The molecule has 1 atom stereocenters. The number of rotatable bonds is 4. The Bertz CT molecular complexity index is 431. The molecule has 0 bridgehead atoms. The fourth-order valence-corrected chi connectivity index (χ4v) is 4.57. The van der Waals surface area contributed by atoms with Gasteiger partial charge >= 0.3 is 0 Å². The van der Waals surface area contributed by atoms with Gasteiger partial charge in [0.15, 0.2) is 0 Å². The van der Waals surface area contributed by atoms with Gasteiger partial charge < -0.3 is 5.32 Å². The Labute approximate surface area is 121 Å². The Hall–Kier alpha value is -0.470. The molecule has 1 aliphatic carbocycles. The number of hydrogen-bond donors (Lipinski definition) is 1. The molecule has 0 amide bonds. The molecular formula is C17H25NS. The standard InChI is InChI=1S/C17H25NS/c1-13-5-3-6-14(9-13)15-10-16(11-15)18-12-17(2)7-4-8-19-17/h3,5-6,9,15-16,18H,4,7-8,10-12H2,1-2H3. The number of nitrogens with one attached hydrogen (secondary N) is 1. The molecule has 19 heavy (non-hydrogen) atoms. The van der Waals surface area contributed by atoms with Crippen molar-refractivity contribution in [3.63, 3.8) is 0 Å². The number of hydrogen-bond acceptors (Lipinski definition) is 2. The molecule has 1 saturated carbocycles. The summed E-state index contributed by atoms with van der Waals surface area (Å²) in [6, 6.07) is 9.79. The molecule has 1 aromatic carbocycles. The molecule has 1 aromatic rings. The van der Waals surface area contributed by atoms with Crippen molar-refractivity contribution in [2.75, 3.05) is 12.3 Å². The van der Waals surface area contributed by atoms with Crippen molar-refractivity contribution in [3.8, 4) is 0 Å². The predicted molar refractivity (Wildman–Crippen MR) is 85.0 cm³/mol. The van der Waals surface area contributed by atoms with Crippen LogP contribution >= 0.6 is 11.8 Å². The van der Waals surface area contributed by atoms with Gasteiger partial charge in [-0.2, -0.15) is 11.8 Å². The first-order chi connectivity index (χ1) is 9.15. The molecule has 104 valence electrons. The summed E-state index contributed by atoms with van der Waals surface area (Å²) in [5, 5.41) is 3.80. The lowest BCUT2D eigenvalue weighted by Crippen LogP contribution is -2.45. The minimum atomic E-state index is 0.508. The molecule has 0 aromatic heterocycles. The first-order valence-electron chi connectivity index (χ1n) is 7.59. The molecule has 1 N–H and O–H groups in total. The Morgan fingerprint density at radius 2 is 2.21 bits per heavy atom. The minimum Gasteiger partial charge on any atom is -0.313 e. The maximum atomic E-state index is 3.80. The lowest BCUT2D eigenvalue weighted by Gasteiger charge is -2.38. The number of thioether (sulfide) groups is 1. The van der Waals surface area contributed by atoms with E-state index in [-0.39, 0.29) is 0 Å². The zero-order valence-electron chi connectivity index (χ0n) is 12.1. The van der Waals surface area contributed by atoms with Crippen LogP contribution in [0.5, 0.6) is 0 Å². The van der Waals surface area contributed by atoms with Crippen molar-refractivity contribution >= 4 is 11.8 Å². The lowest BCUT2D eigenvalue weighted by molar-refractivity contribution is 0.283. The molecule has 2 aliphatic rings. The minimum absolute atomic E-state index is 0.508. The van der Waals surface area contributed by atoms with Gasteiger partial charge in [0.2, 0.25) is 0 Å². The predicted octanol–water partition coefficient (Wildman–Crippen LogP) is 4.12. The first kappa shape index (κ1) is 13.5. The van der Waals surface area contributed by atoms with Crippen LogP contribution in [0.3, 0.4) is 0 Å². The van der Waals surface area contributed by atoms with Gasteiger partial charge in [0, 0.05) is 17.3 Å². The van der Waals surface area contributed by atoms with Crippen molar-refractivity contribution in [1.82, 2.24) is 5.32 Å². The molecule has 1 nitrogen and oxygen atoms in total. The van der Waals surface area contributed by atoms with Gasteiger partial charge in [0.25, 0.3) is 0 Å². The van der Waals surface area contributed by atoms with Gasteiger partial charge in [-0.3, -0.25) is 0 Å². The summed E-state index contributed by atoms with van der Waals surface area (Å²) in [4.78, 5) is 0. The first-order valence-corrected chi connectivity index (χ1v) is 8.57. The monoisotopic (exact) mass is 275 g/mol. The SMILES string of the molecule is Cc1cccc(C2CC(NCC3(C)CCCS3)C2)c1. The third kappa shape index (κ3) is 3.17. The molecule has 1 saturated heterocycles. The summed E-state index contributed by atoms with van der Waals surface area (Å²) in [5.74, 6) is 2.15. The average molecular weight is 275 g/mol. The summed E-state index contributed by atoms with van der Waals surface area (Å²) in [6.07, 6.45) is 5.44. The maximum absolute atomic E-state index is 3.80. The topological polar surface area (TPSA) is 12.0 Å². The van der Waals surface area contributed by atoms with Crippen LogP contribution in [-0.2, 0) is 0 Å². The van der Waals surface area contributed by atoms with E-state index in [1.165, 1.54) is 43.5 Å². The van der Waals surface area contributed by atoms with Crippen LogP contribution in [0.25, 0.3) is 0 Å². The molecule has 3 rings (SSSR count). The van der Waals surface area contributed by atoms with Crippen LogP contribution in [0.15, 0.2) is 24.3 Å². The normalized spacial score (nSPS) is 34.2. The molecule has 2 fully saturated rings. The summed E-state index contributed by atoms with van der Waals surface area (Å²) in [7, 11) is 0. The Kier molecular flexibility index (Phi) is 3.91. The summed E-state index contributed by atoms with van der Waals surface area (Å²) in [6.45, 7) is 5.81. The summed E-state index contributed by atoms with van der Waals surface area (Å²) in [5.41, 5.74) is 2.93. The highest BCUT2D eigenvalue weighted by molar-refractivity contribution is 8.00. The van der Waals surface area contributed by atoms with E-state index in [1.54, 1.807) is 5.56 Å². The quantitative estimate of drug-likeness (QED) is 0.887. The average Bonchev–Trinajstić information content (AvgIpc) is 2.74.